The van der Waals surface area contributed by atoms with Gasteiger partial charge < -0.3 is 9.80 Å². The second kappa shape index (κ2) is 5.41. The van der Waals surface area contributed by atoms with E-state index in [4.69, 9.17) is 0 Å². The van der Waals surface area contributed by atoms with E-state index in [9.17, 15) is 0 Å². The molecule has 3 aliphatic heterocycles. The number of hydrogen-bond acceptors (Lipinski definition) is 2. The quantitative estimate of drug-likeness (QED) is 0.512. The molecule has 1 saturated carbocycles. The Balaban J connectivity index is 1.72. The number of halogens is 1. The van der Waals surface area contributed by atoms with Crippen molar-refractivity contribution in [2.45, 2.75) is 45.1 Å². The van der Waals surface area contributed by atoms with Crippen LogP contribution in [0.3, 0.4) is 0 Å². The standard InChI is InChI=1S/C18H23IN2/c1-3-15-12-20-11-14(13-7-8-13)10-17(18(20)19-15)21-9-5-6-16(21)4-2/h4,10-13,16H,2-3,5-9H2,1H3. The van der Waals surface area contributed by atoms with Crippen molar-refractivity contribution in [3.8, 4) is 0 Å². The summed E-state index contributed by atoms with van der Waals surface area (Å²) in [6.45, 7) is 7.55. The summed E-state index contributed by atoms with van der Waals surface area (Å²) < 4.78 is 3.26. The molecular weight excluding hydrogens is 371 g/mol. The topological polar surface area (TPSA) is 6.48 Å². The van der Waals surface area contributed by atoms with Gasteiger partial charge in [-0.1, -0.05) is 33.7 Å². The average Bonchev–Trinajstić information content (AvgIpc) is 3.11. The molecule has 4 aliphatic rings. The molecule has 0 spiro atoms. The number of hydrogen-bond donors (Lipinski definition) is 0. The first-order chi connectivity index (χ1) is 10.3. The van der Waals surface area contributed by atoms with Gasteiger partial charge in [0, 0.05) is 28.6 Å². The zero-order chi connectivity index (χ0) is 14.4. The van der Waals surface area contributed by atoms with Gasteiger partial charge in [0.2, 0.25) is 0 Å². The Hall–Kier alpha value is -0.840. The van der Waals surface area contributed by atoms with Gasteiger partial charge in [-0.05, 0) is 49.7 Å². The average molecular weight is 394 g/mol. The van der Waals surface area contributed by atoms with Gasteiger partial charge in [0.05, 0.1) is 5.70 Å². The van der Waals surface area contributed by atoms with Gasteiger partial charge in [-0.2, -0.15) is 0 Å². The van der Waals surface area contributed by atoms with Gasteiger partial charge in [0.25, 0.3) is 0 Å². The summed E-state index contributed by atoms with van der Waals surface area (Å²) in [5, 5.41) is 0. The SMILES string of the molecule is C=CC1CCCN1C1=CC(C2CC2)=CN2C=C(CC)I=C12. The van der Waals surface area contributed by atoms with Crippen LogP contribution < -0.4 is 0 Å². The van der Waals surface area contributed by atoms with Crippen LogP contribution >= 0.6 is 20.7 Å². The Kier molecular flexibility index (Phi) is 3.56. The van der Waals surface area contributed by atoms with Gasteiger partial charge in [0.15, 0.2) is 0 Å². The Bertz CT molecular complexity index is 592. The van der Waals surface area contributed by atoms with Gasteiger partial charge >= 0.3 is 0 Å². The second-order valence-electron chi connectivity index (χ2n) is 6.29. The molecule has 0 aromatic rings. The molecule has 21 heavy (non-hydrogen) atoms. The van der Waals surface area contributed by atoms with Crippen LogP contribution in [-0.2, 0) is 0 Å². The molecule has 2 fully saturated rings. The molecule has 0 aromatic carbocycles. The molecule has 112 valence electrons. The number of fused-ring (bicyclic) bond motifs is 1. The normalized spacial score (nSPS) is 28.3. The van der Waals surface area contributed by atoms with Crippen molar-refractivity contribution in [3.05, 3.63) is 46.0 Å². The second-order valence-corrected chi connectivity index (χ2v) is 9.24. The third-order valence-electron chi connectivity index (χ3n) is 4.79. The highest BCUT2D eigenvalue weighted by atomic mass is 127. The van der Waals surface area contributed by atoms with Gasteiger partial charge in [-0.3, -0.25) is 0 Å². The summed E-state index contributed by atoms with van der Waals surface area (Å²) in [5.41, 5.74) is 3.08. The lowest BCUT2D eigenvalue weighted by atomic mass is 10.1. The van der Waals surface area contributed by atoms with E-state index in [-0.39, 0.29) is 20.7 Å². The molecular formula is C18H23IN2. The summed E-state index contributed by atoms with van der Waals surface area (Å²) >= 11 is 0.0280. The minimum Gasteiger partial charge on any atom is -0.363 e. The van der Waals surface area contributed by atoms with Crippen molar-refractivity contribution in [1.29, 1.82) is 0 Å². The lowest BCUT2D eigenvalue weighted by molar-refractivity contribution is 0.379. The Morgan fingerprint density at radius 2 is 2.19 bits per heavy atom. The minimum atomic E-state index is 0.0280. The van der Waals surface area contributed by atoms with E-state index in [2.05, 4.69) is 47.9 Å². The van der Waals surface area contributed by atoms with Crippen LogP contribution in [0, 0.1) is 5.92 Å². The molecule has 0 radical (unpaired) electrons. The summed E-state index contributed by atoms with van der Waals surface area (Å²) in [7, 11) is 0. The van der Waals surface area contributed by atoms with Crippen LogP contribution in [0.2, 0.25) is 0 Å². The van der Waals surface area contributed by atoms with E-state index in [1.165, 1.54) is 44.3 Å². The fourth-order valence-electron chi connectivity index (χ4n) is 3.42. The van der Waals surface area contributed by atoms with Gasteiger partial charge in [-0.15, -0.1) is 6.58 Å². The molecule has 2 nitrogen and oxygen atoms in total. The van der Waals surface area contributed by atoms with Crippen LogP contribution in [0.5, 0.6) is 0 Å². The van der Waals surface area contributed by atoms with Crippen molar-refractivity contribution < 1.29 is 0 Å². The summed E-state index contributed by atoms with van der Waals surface area (Å²) in [5.74, 6) is 0.823. The maximum Gasteiger partial charge on any atom is 0.102 e. The van der Waals surface area contributed by atoms with Crippen LogP contribution in [0.15, 0.2) is 46.0 Å². The Morgan fingerprint density at radius 3 is 2.90 bits per heavy atom. The molecule has 3 heteroatoms. The summed E-state index contributed by atoms with van der Waals surface area (Å²) in [6, 6.07) is 0.541. The fraction of sp³-hybridized carbons (Fsp3) is 0.500. The lowest BCUT2D eigenvalue weighted by Gasteiger charge is -2.33. The maximum atomic E-state index is 4.06. The Labute approximate surface area is 137 Å². The molecule has 0 bridgehead atoms. The van der Waals surface area contributed by atoms with E-state index in [0.717, 1.165) is 5.92 Å². The van der Waals surface area contributed by atoms with Crippen LogP contribution in [0.1, 0.15) is 39.0 Å². The summed E-state index contributed by atoms with van der Waals surface area (Å²) in [6.07, 6.45) is 16.0. The third kappa shape index (κ3) is 2.43. The molecule has 1 aliphatic carbocycles. The molecule has 0 amide bonds. The van der Waals surface area contributed by atoms with Crippen molar-refractivity contribution in [2.75, 3.05) is 6.54 Å². The van der Waals surface area contributed by atoms with Crippen LogP contribution in [0.25, 0.3) is 0 Å². The first kappa shape index (κ1) is 13.8. The molecule has 0 N–H and O–H groups in total. The molecule has 1 saturated heterocycles. The van der Waals surface area contributed by atoms with Crippen LogP contribution in [0.4, 0.5) is 0 Å². The van der Waals surface area contributed by atoms with Gasteiger partial charge in [0.1, 0.15) is 3.63 Å². The smallest absolute Gasteiger partial charge is 0.102 e. The van der Waals surface area contributed by atoms with E-state index in [0.29, 0.717) is 6.04 Å². The first-order valence-corrected chi connectivity index (χ1v) is 10.3. The number of likely N-dealkylation sites (tertiary alicyclic amines) is 1. The molecule has 3 heterocycles. The first-order valence-electron chi connectivity index (χ1n) is 8.14. The van der Waals surface area contributed by atoms with Crippen molar-refractivity contribution in [2.24, 2.45) is 5.92 Å². The largest absolute Gasteiger partial charge is 0.363 e. The fourth-order valence-corrected chi connectivity index (χ4v) is 6.20. The molecule has 1 unspecified atom stereocenters. The van der Waals surface area contributed by atoms with E-state index in [1.54, 1.807) is 12.8 Å². The third-order valence-corrected chi connectivity index (χ3v) is 8.14. The minimum absolute atomic E-state index is 0.0280. The molecule has 0 aromatic heterocycles. The predicted octanol–water partition coefficient (Wildman–Crippen LogP) is 4.50. The number of nitrogens with zero attached hydrogens (tertiary/aromatic N) is 2. The van der Waals surface area contributed by atoms with E-state index < -0.39 is 0 Å². The highest BCUT2D eigenvalue weighted by Gasteiger charge is 2.35. The van der Waals surface area contributed by atoms with E-state index >= 15 is 0 Å². The van der Waals surface area contributed by atoms with Crippen LogP contribution in [-0.4, -0.2) is 26.0 Å². The van der Waals surface area contributed by atoms with Gasteiger partial charge in [-0.25, -0.2) is 0 Å². The van der Waals surface area contributed by atoms with Crippen molar-refractivity contribution >= 4 is 24.4 Å². The Morgan fingerprint density at radius 1 is 1.33 bits per heavy atom. The van der Waals surface area contributed by atoms with Crippen molar-refractivity contribution in [1.82, 2.24) is 9.80 Å². The highest BCUT2D eigenvalue weighted by molar-refractivity contribution is 14.2. The summed E-state index contributed by atoms with van der Waals surface area (Å²) in [4.78, 5) is 5.09. The zero-order valence-corrected chi connectivity index (χ0v) is 14.8. The number of rotatable bonds is 4. The van der Waals surface area contributed by atoms with E-state index in [1.807, 2.05) is 0 Å². The predicted molar refractivity (Wildman–Crippen MR) is 98.1 cm³/mol. The zero-order valence-electron chi connectivity index (χ0n) is 12.7. The maximum absolute atomic E-state index is 4.06. The monoisotopic (exact) mass is 394 g/mol. The lowest BCUT2D eigenvalue weighted by Crippen LogP contribution is -2.36. The molecule has 4 rings (SSSR count). The number of allylic oxidation sites excluding steroid dienone is 3. The highest BCUT2D eigenvalue weighted by Crippen LogP contribution is 2.44. The molecule has 1 atom stereocenters. The van der Waals surface area contributed by atoms with Crippen molar-refractivity contribution in [3.63, 3.8) is 0 Å².